The van der Waals surface area contributed by atoms with Crippen molar-refractivity contribution in [3.8, 4) is 0 Å². The van der Waals surface area contributed by atoms with Crippen molar-refractivity contribution < 1.29 is 4.79 Å². The van der Waals surface area contributed by atoms with Crippen LogP contribution in [0, 0.1) is 5.41 Å². The lowest BCUT2D eigenvalue weighted by molar-refractivity contribution is -0.121. The van der Waals surface area contributed by atoms with Crippen LogP contribution in [0.2, 0.25) is 0 Å². The molecule has 2 fully saturated rings. The quantitative estimate of drug-likeness (QED) is 0.604. The van der Waals surface area contributed by atoms with Crippen LogP contribution in [-0.4, -0.2) is 49.0 Å². The summed E-state index contributed by atoms with van der Waals surface area (Å²) >= 11 is 0. The van der Waals surface area contributed by atoms with Crippen LogP contribution < -0.4 is 10.6 Å². The Balaban J connectivity index is 1.78. The Labute approximate surface area is 134 Å². The molecule has 0 aromatic carbocycles. The minimum atomic E-state index is 0.147. The van der Waals surface area contributed by atoms with Crippen molar-refractivity contribution in [3.05, 3.63) is 0 Å². The largest absolute Gasteiger partial charge is 0.357 e. The number of carbonyl (C=O) groups excluding carboxylic acids is 1. The number of likely N-dealkylation sites (tertiary alicyclic amines) is 1. The molecule has 0 bridgehead atoms. The van der Waals surface area contributed by atoms with Crippen LogP contribution in [0.4, 0.5) is 0 Å². The molecule has 1 heterocycles. The van der Waals surface area contributed by atoms with Crippen molar-refractivity contribution in [2.45, 2.75) is 65.3 Å². The van der Waals surface area contributed by atoms with Gasteiger partial charge in [-0.3, -0.25) is 9.79 Å². The molecule has 0 atom stereocenters. The van der Waals surface area contributed by atoms with Crippen molar-refractivity contribution in [2.24, 2.45) is 10.4 Å². The van der Waals surface area contributed by atoms with Crippen molar-refractivity contribution >= 4 is 11.9 Å². The van der Waals surface area contributed by atoms with Crippen LogP contribution in [0.1, 0.15) is 59.3 Å². The number of hydrogen-bond donors (Lipinski definition) is 2. The molecule has 1 saturated heterocycles. The standard InChI is InChI=1S/C17H32N4O/c1-4-18-16(21-12-10-17(2,3)13-21)19-11-9-15(22)20-14-7-5-6-8-14/h14H,4-13H2,1-3H3,(H,18,19)(H,20,22). The van der Waals surface area contributed by atoms with Crippen molar-refractivity contribution in [3.63, 3.8) is 0 Å². The molecule has 0 unspecified atom stereocenters. The van der Waals surface area contributed by atoms with Crippen molar-refractivity contribution in [1.29, 1.82) is 0 Å². The van der Waals surface area contributed by atoms with E-state index in [9.17, 15) is 4.79 Å². The van der Waals surface area contributed by atoms with Crippen LogP contribution in [0.25, 0.3) is 0 Å². The minimum Gasteiger partial charge on any atom is -0.357 e. The third kappa shape index (κ3) is 5.18. The zero-order valence-electron chi connectivity index (χ0n) is 14.5. The van der Waals surface area contributed by atoms with Gasteiger partial charge in [0, 0.05) is 32.1 Å². The lowest BCUT2D eigenvalue weighted by atomic mass is 9.93. The maximum atomic E-state index is 11.9. The molecule has 5 heteroatoms. The fourth-order valence-electron chi connectivity index (χ4n) is 3.35. The molecule has 1 aliphatic heterocycles. The fourth-order valence-corrected chi connectivity index (χ4v) is 3.35. The fraction of sp³-hybridized carbons (Fsp3) is 0.882. The molecule has 2 aliphatic rings. The molecule has 2 rings (SSSR count). The topological polar surface area (TPSA) is 56.7 Å². The highest BCUT2D eigenvalue weighted by molar-refractivity contribution is 5.81. The van der Waals surface area contributed by atoms with Crippen LogP contribution in [0.3, 0.4) is 0 Å². The van der Waals surface area contributed by atoms with E-state index in [2.05, 4.69) is 41.3 Å². The number of nitrogens with one attached hydrogen (secondary N) is 2. The normalized spacial score (nSPS) is 22.1. The first-order chi connectivity index (χ1) is 10.5. The van der Waals surface area contributed by atoms with E-state index in [4.69, 9.17) is 0 Å². The van der Waals surface area contributed by atoms with E-state index >= 15 is 0 Å². The first kappa shape index (κ1) is 17.1. The molecule has 2 N–H and O–H groups in total. The molecule has 0 spiro atoms. The van der Waals surface area contributed by atoms with Gasteiger partial charge in [-0.2, -0.15) is 0 Å². The van der Waals surface area contributed by atoms with E-state index in [0.29, 0.717) is 24.4 Å². The van der Waals surface area contributed by atoms with Crippen LogP contribution in [0.15, 0.2) is 4.99 Å². The summed E-state index contributed by atoms with van der Waals surface area (Å²) in [6.07, 6.45) is 6.46. The molecule has 1 amide bonds. The van der Waals surface area contributed by atoms with E-state index in [1.54, 1.807) is 0 Å². The Bertz CT molecular complexity index is 399. The third-order valence-corrected chi connectivity index (χ3v) is 4.63. The molecule has 0 aromatic heterocycles. The first-order valence-electron chi connectivity index (χ1n) is 8.83. The first-order valence-corrected chi connectivity index (χ1v) is 8.83. The average Bonchev–Trinajstić information content (AvgIpc) is 3.07. The lowest BCUT2D eigenvalue weighted by Crippen LogP contribution is -2.41. The highest BCUT2D eigenvalue weighted by atomic mass is 16.1. The third-order valence-electron chi connectivity index (χ3n) is 4.63. The summed E-state index contributed by atoms with van der Waals surface area (Å²) in [6.45, 7) is 10.2. The molecule has 126 valence electrons. The number of amides is 1. The van der Waals surface area contributed by atoms with Gasteiger partial charge in [-0.15, -0.1) is 0 Å². The van der Waals surface area contributed by atoms with Gasteiger partial charge in [-0.25, -0.2) is 0 Å². The molecule has 1 saturated carbocycles. The molecule has 0 aromatic rings. The van der Waals surface area contributed by atoms with E-state index < -0.39 is 0 Å². The summed E-state index contributed by atoms with van der Waals surface area (Å²) in [6, 6.07) is 0.407. The van der Waals surface area contributed by atoms with E-state index in [-0.39, 0.29) is 5.91 Å². The molecule has 22 heavy (non-hydrogen) atoms. The molecule has 0 radical (unpaired) electrons. The predicted octanol–water partition coefficient (Wildman–Crippen LogP) is 2.13. The monoisotopic (exact) mass is 308 g/mol. The number of hydrogen-bond acceptors (Lipinski definition) is 2. The smallest absolute Gasteiger partial charge is 0.222 e. The van der Waals surface area contributed by atoms with Gasteiger partial charge in [0.15, 0.2) is 5.96 Å². The second-order valence-corrected chi connectivity index (χ2v) is 7.37. The van der Waals surface area contributed by atoms with Gasteiger partial charge in [-0.05, 0) is 31.6 Å². The van der Waals surface area contributed by atoms with E-state index in [1.165, 1.54) is 19.3 Å². The summed E-state index contributed by atoms with van der Waals surface area (Å²) in [5.74, 6) is 1.11. The van der Waals surface area contributed by atoms with Gasteiger partial charge in [0.2, 0.25) is 5.91 Å². The van der Waals surface area contributed by atoms with Crippen LogP contribution >= 0.6 is 0 Å². The van der Waals surface area contributed by atoms with Gasteiger partial charge in [0.05, 0.1) is 6.54 Å². The number of aliphatic imine (C=N–C) groups is 1. The highest BCUT2D eigenvalue weighted by Gasteiger charge is 2.30. The zero-order valence-corrected chi connectivity index (χ0v) is 14.5. The number of guanidine groups is 1. The molecule has 1 aliphatic carbocycles. The Kier molecular flexibility index (Phi) is 6.09. The number of rotatable bonds is 5. The molecular weight excluding hydrogens is 276 g/mol. The molecular formula is C17H32N4O. The van der Waals surface area contributed by atoms with Crippen LogP contribution in [0.5, 0.6) is 0 Å². The second-order valence-electron chi connectivity index (χ2n) is 7.37. The van der Waals surface area contributed by atoms with Crippen LogP contribution in [-0.2, 0) is 4.79 Å². The number of carbonyl (C=O) groups is 1. The zero-order chi connectivity index (χ0) is 16.0. The Hall–Kier alpha value is -1.26. The summed E-state index contributed by atoms with van der Waals surface area (Å²) in [7, 11) is 0. The Morgan fingerprint density at radius 2 is 2.05 bits per heavy atom. The average molecular weight is 308 g/mol. The highest BCUT2D eigenvalue weighted by Crippen LogP contribution is 2.28. The van der Waals surface area contributed by atoms with Gasteiger partial charge >= 0.3 is 0 Å². The summed E-state index contributed by atoms with van der Waals surface area (Å²) < 4.78 is 0. The van der Waals surface area contributed by atoms with Crippen molar-refractivity contribution in [1.82, 2.24) is 15.5 Å². The second kappa shape index (κ2) is 7.84. The van der Waals surface area contributed by atoms with Gasteiger partial charge in [0.25, 0.3) is 0 Å². The molecule has 5 nitrogen and oxygen atoms in total. The number of nitrogens with zero attached hydrogens (tertiary/aromatic N) is 2. The summed E-state index contributed by atoms with van der Waals surface area (Å²) in [5.41, 5.74) is 0.357. The maximum Gasteiger partial charge on any atom is 0.222 e. The lowest BCUT2D eigenvalue weighted by Gasteiger charge is -2.23. The Morgan fingerprint density at radius 3 is 2.64 bits per heavy atom. The van der Waals surface area contributed by atoms with E-state index in [1.807, 2.05) is 0 Å². The van der Waals surface area contributed by atoms with Gasteiger partial charge < -0.3 is 15.5 Å². The summed E-state index contributed by atoms with van der Waals surface area (Å²) in [4.78, 5) is 18.9. The maximum absolute atomic E-state index is 11.9. The van der Waals surface area contributed by atoms with E-state index in [0.717, 1.165) is 38.4 Å². The summed E-state index contributed by atoms with van der Waals surface area (Å²) in [5, 5.41) is 6.48. The predicted molar refractivity (Wildman–Crippen MR) is 91.0 cm³/mol. The van der Waals surface area contributed by atoms with Gasteiger partial charge in [-0.1, -0.05) is 26.7 Å². The SMILES string of the molecule is CCNC(=NCCC(=O)NC1CCCC1)N1CCC(C)(C)C1. The van der Waals surface area contributed by atoms with Gasteiger partial charge in [0.1, 0.15) is 0 Å². The van der Waals surface area contributed by atoms with Crippen molar-refractivity contribution in [2.75, 3.05) is 26.2 Å². The minimum absolute atomic E-state index is 0.147. The Morgan fingerprint density at radius 1 is 1.32 bits per heavy atom.